The van der Waals surface area contributed by atoms with Gasteiger partial charge in [0.05, 0.1) is 12.5 Å². The quantitative estimate of drug-likeness (QED) is 0.750. The molecule has 112 valence electrons. The van der Waals surface area contributed by atoms with E-state index in [1.165, 1.54) is 0 Å². The molecule has 0 bridgehead atoms. The Kier molecular flexibility index (Phi) is 6.27. The number of unbranched alkanes of at least 4 members (excludes halogenated alkanes) is 1. The molecule has 1 aromatic rings. The maximum Gasteiger partial charge on any atom is 0.326 e. The van der Waals surface area contributed by atoms with Crippen LogP contribution in [0.4, 0.5) is 8.78 Å². The van der Waals surface area contributed by atoms with E-state index in [0.717, 1.165) is 12.1 Å². The van der Waals surface area contributed by atoms with Gasteiger partial charge in [-0.05, 0) is 30.5 Å². The van der Waals surface area contributed by atoms with Crippen molar-refractivity contribution in [3.05, 3.63) is 35.4 Å². The molecule has 0 aliphatic carbocycles. The van der Waals surface area contributed by atoms with Gasteiger partial charge >= 0.3 is 5.97 Å². The van der Waals surface area contributed by atoms with E-state index in [1.54, 1.807) is 0 Å². The Labute approximate surface area is 120 Å². The van der Waals surface area contributed by atoms with E-state index < -0.39 is 29.6 Å². The highest BCUT2D eigenvalue weighted by molar-refractivity contribution is 5.84. The van der Waals surface area contributed by atoms with Crippen LogP contribution in [-0.2, 0) is 16.0 Å². The summed E-state index contributed by atoms with van der Waals surface area (Å²) >= 11 is 0. The first-order valence-corrected chi connectivity index (χ1v) is 6.26. The summed E-state index contributed by atoms with van der Waals surface area (Å²) in [7, 11) is 0. The number of hydrogen-bond donors (Lipinski definition) is 2. The lowest BCUT2D eigenvalue weighted by molar-refractivity contribution is -0.141. The van der Waals surface area contributed by atoms with Crippen LogP contribution in [0.5, 0.6) is 0 Å². The topological polar surface area (TPSA) is 90.2 Å². The van der Waals surface area contributed by atoms with Gasteiger partial charge < -0.3 is 10.4 Å². The molecule has 0 saturated heterocycles. The number of amides is 1. The number of halogens is 2. The van der Waals surface area contributed by atoms with Crippen molar-refractivity contribution in [2.24, 2.45) is 0 Å². The summed E-state index contributed by atoms with van der Waals surface area (Å²) in [5, 5.41) is 19.6. The van der Waals surface area contributed by atoms with Crippen molar-refractivity contribution in [3.8, 4) is 6.07 Å². The number of carboxylic acids is 1. The molecule has 2 N–H and O–H groups in total. The molecule has 0 radical (unpaired) electrons. The summed E-state index contributed by atoms with van der Waals surface area (Å²) in [5.74, 6) is -3.47. The lowest BCUT2D eigenvalue weighted by atomic mass is 10.1. The summed E-state index contributed by atoms with van der Waals surface area (Å²) in [5.41, 5.74) is 0.117. The van der Waals surface area contributed by atoms with Crippen molar-refractivity contribution in [3.63, 3.8) is 0 Å². The zero-order valence-corrected chi connectivity index (χ0v) is 11.1. The fourth-order valence-electron chi connectivity index (χ4n) is 1.79. The highest BCUT2D eigenvalue weighted by Crippen LogP contribution is 2.09. The lowest BCUT2D eigenvalue weighted by Gasteiger charge is -2.13. The largest absolute Gasteiger partial charge is 0.480 e. The fourth-order valence-corrected chi connectivity index (χ4v) is 1.79. The van der Waals surface area contributed by atoms with E-state index in [0.29, 0.717) is 12.5 Å². The van der Waals surface area contributed by atoms with Gasteiger partial charge in [0.15, 0.2) is 0 Å². The van der Waals surface area contributed by atoms with Crippen LogP contribution in [-0.4, -0.2) is 23.0 Å². The Morgan fingerprint density at radius 1 is 1.29 bits per heavy atom. The summed E-state index contributed by atoms with van der Waals surface area (Å²) in [6.07, 6.45) is 0.319. The van der Waals surface area contributed by atoms with Crippen LogP contribution >= 0.6 is 0 Å². The molecule has 1 rings (SSSR count). The maximum absolute atomic E-state index is 13.0. The van der Waals surface area contributed by atoms with E-state index in [9.17, 15) is 18.4 Å². The Balaban J connectivity index is 2.61. The number of rotatable bonds is 7. The Morgan fingerprint density at radius 2 is 1.90 bits per heavy atom. The number of benzene rings is 1. The van der Waals surface area contributed by atoms with Crippen molar-refractivity contribution < 1.29 is 23.5 Å². The van der Waals surface area contributed by atoms with Crippen molar-refractivity contribution in [2.75, 3.05) is 0 Å². The smallest absolute Gasteiger partial charge is 0.326 e. The summed E-state index contributed by atoms with van der Waals surface area (Å²) in [6, 6.07) is 3.46. The second-order valence-corrected chi connectivity index (χ2v) is 4.46. The molecule has 0 aromatic heterocycles. The van der Waals surface area contributed by atoms with Crippen LogP contribution < -0.4 is 5.32 Å². The van der Waals surface area contributed by atoms with Gasteiger partial charge in [-0.1, -0.05) is 0 Å². The van der Waals surface area contributed by atoms with Crippen LogP contribution in [0.1, 0.15) is 24.8 Å². The Morgan fingerprint density at radius 3 is 2.43 bits per heavy atom. The molecule has 1 amide bonds. The van der Waals surface area contributed by atoms with Crippen molar-refractivity contribution in [2.45, 2.75) is 31.7 Å². The molecular weight excluding hydrogens is 282 g/mol. The average Bonchev–Trinajstić information content (AvgIpc) is 2.36. The van der Waals surface area contributed by atoms with Crippen molar-refractivity contribution >= 4 is 11.9 Å². The average molecular weight is 296 g/mol. The normalized spacial score (nSPS) is 11.5. The van der Waals surface area contributed by atoms with Gasteiger partial charge in [-0.15, -0.1) is 0 Å². The monoisotopic (exact) mass is 296 g/mol. The third kappa shape index (κ3) is 5.99. The van der Waals surface area contributed by atoms with Crippen LogP contribution in [0.2, 0.25) is 0 Å². The zero-order valence-electron chi connectivity index (χ0n) is 11.1. The van der Waals surface area contributed by atoms with E-state index in [4.69, 9.17) is 10.4 Å². The fraction of sp³-hybridized carbons (Fsp3) is 0.357. The first-order valence-electron chi connectivity index (χ1n) is 6.26. The summed E-state index contributed by atoms with van der Waals surface area (Å²) < 4.78 is 26.0. The Hall–Kier alpha value is -2.49. The number of nitrogens with one attached hydrogen (secondary N) is 1. The molecule has 0 heterocycles. The van der Waals surface area contributed by atoms with E-state index in [-0.39, 0.29) is 24.8 Å². The van der Waals surface area contributed by atoms with Gasteiger partial charge in [0, 0.05) is 12.5 Å². The van der Waals surface area contributed by atoms with Gasteiger partial charge in [-0.3, -0.25) is 4.79 Å². The van der Waals surface area contributed by atoms with Crippen LogP contribution in [0.15, 0.2) is 18.2 Å². The summed E-state index contributed by atoms with van der Waals surface area (Å²) in [6.45, 7) is 0. The molecule has 21 heavy (non-hydrogen) atoms. The number of carbonyl (C=O) groups is 2. The van der Waals surface area contributed by atoms with Gasteiger partial charge in [-0.25, -0.2) is 13.6 Å². The number of carbonyl (C=O) groups excluding carboxylic acids is 1. The number of carboxylic acid groups (broad SMARTS) is 1. The SMILES string of the molecule is N#CCCC[C@H](NC(=O)Cc1cc(F)cc(F)c1)C(=O)O. The number of hydrogen-bond acceptors (Lipinski definition) is 3. The maximum atomic E-state index is 13.0. The number of nitrogens with zero attached hydrogens (tertiary/aromatic N) is 1. The van der Waals surface area contributed by atoms with Crippen LogP contribution in [0, 0.1) is 23.0 Å². The van der Waals surface area contributed by atoms with Gasteiger partial charge in [0.2, 0.25) is 5.91 Å². The van der Waals surface area contributed by atoms with Gasteiger partial charge in [0.1, 0.15) is 17.7 Å². The Bertz CT molecular complexity index is 550. The molecule has 5 nitrogen and oxygen atoms in total. The van der Waals surface area contributed by atoms with Crippen molar-refractivity contribution in [1.29, 1.82) is 5.26 Å². The van der Waals surface area contributed by atoms with E-state index in [1.807, 2.05) is 6.07 Å². The number of aliphatic carboxylic acids is 1. The third-order valence-electron chi connectivity index (χ3n) is 2.70. The second kappa shape index (κ2) is 7.94. The van der Waals surface area contributed by atoms with Gasteiger partial charge in [0.25, 0.3) is 0 Å². The second-order valence-electron chi connectivity index (χ2n) is 4.46. The molecule has 1 atom stereocenters. The standard InChI is InChI=1S/C14H14F2N2O3/c15-10-5-9(6-11(16)8-10)7-13(19)18-12(14(20)21)3-1-2-4-17/h5-6,8,12H,1-3,7H2,(H,18,19)(H,20,21)/t12-/m0/s1. The molecule has 1 aromatic carbocycles. The van der Waals surface area contributed by atoms with Crippen LogP contribution in [0.3, 0.4) is 0 Å². The molecule has 0 unspecified atom stereocenters. The van der Waals surface area contributed by atoms with Crippen LogP contribution in [0.25, 0.3) is 0 Å². The minimum Gasteiger partial charge on any atom is -0.480 e. The highest BCUT2D eigenvalue weighted by atomic mass is 19.1. The molecule has 0 fully saturated rings. The molecule has 0 aliphatic heterocycles. The first-order chi connectivity index (χ1) is 9.92. The number of nitriles is 1. The molecule has 0 saturated carbocycles. The van der Waals surface area contributed by atoms with Crippen molar-refractivity contribution in [1.82, 2.24) is 5.32 Å². The molecule has 0 aliphatic rings. The van der Waals surface area contributed by atoms with Gasteiger partial charge in [-0.2, -0.15) is 5.26 Å². The predicted molar refractivity (Wildman–Crippen MR) is 69.1 cm³/mol. The molecule has 0 spiro atoms. The minimum atomic E-state index is -1.22. The molecule has 7 heteroatoms. The van der Waals surface area contributed by atoms with E-state index in [2.05, 4.69) is 5.32 Å². The first kappa shape index (κ1) is 16.6. The lowest BCUT2D eigenvalue weighted by Crippen LogP contribution is -2.41. The third-order valence-corrected chi connectivity index (χ3v) is 2.70. The molecular formula is C14H14F2N2O3. The van der Waals surface area contributed by atoms with E-state index >= 15 is 0 Å². The predicted octanol–water partition coefficient (Wildman–Crippen LogP) is 1.77. The zero-order chi connectivity index (χ0) is 15.8. The highest BCUT2D eigenvalue weighted by Gasteiger charge is 2.19. The summed E-state index contributed by atoms with van der Waals surface area (Å²) in [4.78, 5) is 22.7. The minimum absolute atomic E-state index is 0.117.